The van der Waals surface area contributed by atoms with Crippen LogP contribution in [0, 0.1) is 0 Å². The van der Waals surface area contributed by atoms with Crippen LogP contribution in [0.25, 0.3) is 0 Å². The van der Waals surface area contributed by atoms with Gasteiger partial charge in [0, 0.05) is 5.69 Å². The van der Waals surface area contributed by atoms with Crippen molar-refractivity contribution >= 4 is 12.2 Å². The van der Waals surface area contributed by atoms with E-state index < -0.39 is 0 Å². The van der Waals surface area contributed by atoms with Gasteiger partial charge in [0.2, 0.25) is 0 Å². The molecular formula is C10H16N2O2. The smallest absolute Gasteiger partial charge is 0.293 e. The van der Waals surface area contributed by atoms with Crippen molar-refractivity contribution in [2.45, 2.75) is 20.3 Å². The minimum atomic E-state index is 0.431. The molecule has 0 aliphatic carbocycles. The number of nitrogen functional groups attached to an aromatic ring is 1. The molecule has 0 saturated carbocycles. The number of ether oxygens (including phenoxy) is 1. The Morgan fingerprint density at radius 2 is 2.21 bits per heavy atom. The van der Waals surface area contributed by atoms with E-state index in [1.807, 2.05) is 12.1 Å². The molecule has 4 heteroatoms. The van der Waals surface area contributed by atoms with E-state index in [0.29, 0.717) is 13.1 Å². The Bertz CT molecular complexity index is 247. The number of anilines is 1. The van der Waals surface area contributed by atoms with Crippen molar-refractivity contribution in [3.8, 4) is 0 Å². The van der Waals surface area contributed by atoms with E-state index >= 15 is 0 Å². The molecule has 0 amide bonds. The normalized spacial score (nSPS) is 8.43. The molecule has 0 spiro atoms. The van der Waals surface area contributed by atoms with E-state index in [1.165, 1.54) is 0 Å². The first-order chi connectivity index (χ1) is 6.74. The maximum Gasteiger partial charge on any atom is 0.293 e. The third kappa shape index (κ3) is 5.99. The number of rotatable bonds is 3. The Hall–Kier alpha value is -1.58. The second-order valence-corrected chi connectivity index (χ2v) is 2.49. The van der Waals surface area contributed by atoms with Gasteiger partial charge in [0.05, 0.1) is 18.5 Å². The zero-order valence-electron chi connectivity index (χ0n) is 8.56. The Balaban J connectivity index is 0.000000292. The van der Waals surface area contributed by atoms with E-state index in [1.54, 1.807) is 13.1 Å². The fourth-order valence-electron chi connectivity index (χ4n) is 0.713. The minimum Gasteiger partial charge on any atom is -0.468 e. The molecule has 0 aromatic carbocycles. The van der Waals surface area contributed by atoms with Crippen LogP contribution in [0.5, 0.6) is 0 Å². The maximum atomic E-state index is 9.18. The molecule has 0 aliphatic heterocycles. The molecule has 0 aliphatic rings. The quantitative estimate of drug-likeness (QED) is 0.742. The van der Waals surface area contributed by atoms with Crippen LogP contribution < -0.4 is 5.73 Å². The summed E-state index contributed by atoms with van der Waals surface area (Å²) in [6.45, 7) is 4.73. The Labute approximate surface area is 84.1 Å². The molecule has 1 aromatic heterocycles. The van der Waals surface area contributed by atoms with Crippen molar-refractivity contribution in [1.82, 2.24) is 4.98 Å². The molecule has 0 saturated heterocycles. The summed E-state index contributed by atoms with van der Waals surface area (Å²) in [5.74, 6) is 0. The van der Waals surface area contributed by atoms with Crippen LogP contribution in [0.1, 0.15) is 19.5 Å². The topological polar surface area (TPSA) is 65.2 Å². The van der Waals surface area contributed by atoms with E-state index in [0.717, 1.165) is 17.8 Å². The number of hydrogen-bond acceptors (Lipinski definition) is 4. The number of aromatic nitrogens is 1. The van der Waals surface area contributed by atoms with Crippen molar-refractivity contribution in [1.29, 1.82) is 0 Å². The summed E-state index contributed by atoms with van der Waals surface area (Å²) < 4.78 is 4.15. The minimum absolute atomic E-state index is 0.431. The highest BCUT2D eigenvalue weighted by Crippen LogP contribution is 2.00. The Morgan fingerprint density at radius 1 is 1.50 bits per heavy atom. The van der Waals surface area contributed by atoms with Crippen molar-refractivity contribution < 1.29 is 9.53 Å². The van der Waals surface area contributed by atoms with Crippen molar-refractivity contribution in [2.24, 2.45) is 0 Å². The van der Waals surface area contributed by atoms with Crippen LogP contribution in [-0.4, -0.2) is 18.1 Å². The van der Waals surface area contributed by atoms with Gasteiger partial charge < -0.3 is 10.5 Å². The highest BCUT2D eigenvalue weighted by Gasteiger charge is 1.86. The molecule has 0 fully saturated rings. The van der Waals surface area contributed by atoms with Gasteiger partial charge >= 0.3 is 0 Å². The van der Waals surface area contributed by atoms with Crippen LogP contribution in [-0.2, 0) is 16.0 Å². The van der Waals surface area contributed by atoms with Gasteiger partial charge in [-0.3, -0.25) is 9.78 Å². The lowest BCUT2D eigenvalue weighted by Crippen LogP contribution is -1.89. The molecule has 4 nitrogen and oxygen atoms in total. The van der Waals surface area contributed by atoms with Gasteiger partial charge in [0.15, 0.2) is 0 Å². The zero-order chi connectivity index (χ0) is 10.8. The van der Waals surface area contributed by atoms with Crippen molar-refractivity contribution in [3.63, 3.8) is 0 Å². The van der Waals surface area contributed by atoms with Gasteiger partial charge in [-0.1, -0.05) is 6.92 Å². The van der Waals surface area contributed by atoms with E-state index in [4.69, 9.17) is 5.73 Å². The first-order valence-corrected chi connectivity index (χ1v) is 4.50. The molecule has 0 bridgehead atoms. The van der Waals surface area contributed by atoms with Crippen LogP contribution in [0.15, 0.2) is 18.3 Å². The van der Waals surface area contributed by atoms with Gasteiger partial charge in [-0.05, 0) is 25.5 Å². The third-order valence-corrected chi connectivity index (χ3v) is 1.44. The molecule has 14 heavy (non-hydrogen) atoms. The third-order valence-electron chi connectivity index (χ3n) is 1.44. The summed E-state index contributed by atoms with van der Waals surface area (Å²) in [7, 11) is 0. The molecular weight excluding hydrogens is 180 g/mol. The predicted octanol–water partition coefficient (Wildman–Crippen LogP) is 1.41. The summed E-state index contributed by atoms with van der Waals surface area (Å²) in [5, 5.41) is 0. The largest absolute Gasteiger partial charge is 0.468 e. The van der Waals surface area contributed by atoms with Crippen LogP contribution in [0.4, 0.5) is 5.69 Å². The zero-order valence-corrected chi connectivity index (χ0v) is 8.56. The van der Waals surface area contributed by atoms with Crippen LogP contribution in [0.3, 0.4) is 0 Å². The average Bonchev–Trinajstić information content (AvgIpc) is 2.21. The van der Waals surface area contributed by atoms with E-state index in [9.17, 15) is 4.79 Å². The monoisotopic (exact) mass is 196 g/mol. The first kappa shape index (κ1) is 12.4. The average molecular weight is 196 g/mol. The SMILES string of the molecule is CCOC=O.CCc1ccc(N)cn1. The maximum absolute atomic E-state index is 9.18. The second-order valence-electron chi connectivity index (χ2n) is 2.49. The molecule has 78 valence electrons. The lowest BCUT2D eigenvalue weighted by Gasteiger charge is -1.93. The lowest BCUT2D eigenvalue weighted by atomic mass is 10.3. The molecule has 1 rings (SSSR count). The number of aryl methyl sites for hydroxylation is 1. The standard InChI is InChI=1S/C7H10N2.C3H6O2/c1-2-7-4-3-6(8)5-9-7;1-2-5-3-4/h3-5H,2,8H2,1H3;3H,2H2,1H3. The summed E-state index contributed by atoms with van der Waals surface area (Å²) in [6, 6.07) is 3.81. The fourth-order valence-corrected chi connectivity index (χ4v) is 0.713. The molecule has 0 atom stereocenters. The van der Waals surface area contributed by atoms with Gasteiger partial charge in [0.1, 0.15) is 0 Å². The van der Waals surface area contributed by atoms with Crippen LogP contribution in [0.2, 0.25) is 0 Å². The highest BCUT2D eigenvalue weighted by molar-refractivity contribution is 5.36. The summed E-state index contributed by atoms with van der Waals surface area (Å²) in [5.41, 5.74) is 7.23. The Morgan fingerprint density at radius 3 is 2.50 bits per heavy atom. The number of nitrogens with zero attached hydrogens (tertiary/aromatic N) is 1. The number of pyridine rings is 1. The summed E-state index contributed by atoms with van der Waals surface area (Å²) in [6.07, 6.45) is 2.65. The lowest BCUT2D eigenvalue weighted by molar-refractivity contribution is -0.128. The van der Waals surface area contributed by atoms with E-state index in [-0.39, 0.29) is 0 Å². The molecule has 2 N–H and O–H groups in total. The Kier molecular flexibility index (Phi) is 7.13. The predicted molar refractivity (Wildman–Crippen MR) is 55.7 cm³/mol. The molecule has 1 heterocycles. The molecule has 0 unspecified atom stereocenters. The van der Waals surface area contributed by atoms with Gasteiger partial charge in [-0.25, -0.2) is 0 Å². The summed E-state index contributed by atoms with van der Waals surface area (Å²) >= 11 is 0. The summed E-state index contributed by atoms with van der Waals surface area (Å²) in [4.78, 5) is 13.3. The van der Waals surface area contributed by atoms with Crippen molar-refractivity contribution in [2.75, 3.05) is 12.3 Å². The number of hydrogen-bond donors (Lipinski definition) is 1. The van der Waals surface area contributed by atoms with Gasteiger partial charge in [0.25, 0.3) is 6.47 Å². The molecule has 0 radical (unpaired) electrons. The number of nitrogens with two attached hydrogens (primary N) is 1. The number of carbonyl (C=O) groups excluding carboxylic acids is 1. The van der Waals surface area contributed by atoms with Crippen LogP contribution >= 0.6 is 0 Å². The van der Waals surface area contributed by atoms with E-state index in [2.05, 4.69) is 16.6 Å². The first-order valence-electron chi connectivity index (χ1n) is 4.50. The fraction of sp³-hybridized carbons (Fsp3) is 0.400. The highest BCUT2D eigenvalue weighted by atomic mass is 16.5. The van der Waals surface area contributed by atoms with Crippen molar-refractivity contribution in [3.05, 3.63) is 24.0 Å². The molecule has 1 aromatic rings. The second kappa shape index (κ2) is 8.04. The van der Waals surface area contributed by atoms with Gasteiger partial charge in [-0.2, -0.15) is 0 Å². The number of carbonyl (C=O) groups is 1. The van der Waals surface area contributed by atoms with Gasteiger partial charge in [-0.15, -0.1) is 0 Å².